The highest BCUT2D eigenvalue weighted by Crippen LogP contribution is 2.36. The number of thiophene rings is 1. The smallest absolute Gasteiger partial charge is 0.306 e. The lowest BCUT2D eigenvalue weighted by atomic mass is 10.1. The number of rotatable bonds is 4. The number of ether oxygens (including phenoxy) is 1. The quantitative estimate of drug-likeness (QED) is 0.421. The molecular formula is C20H17Cl2N6O3S+. The van der Waals surface area contributed by atoms with E-state index in [9.17, 15) is 4.79 Å². The minimum atomic E-state index is -0.401. The van der Waals surface area contributed by atoms with Crippen LogP contribution >= 0.6 is 34.5 Å². The van der Waals surface area contributed by atoms with Crippen molar-refractivity contribution in [2.45, 2.75) is 0 Å². The molecule has 0 bridgehead atoms. The Hall–Kier alpha value is -2.92. The maximum atomic E-state index is 12.9. The third kappa shape index (κ3) is 3.97. The molecule has 0 unspecified atom stereocenters. The summed E-state index contributed by atoms with van der Waals surface area (Å²) < 4.78 is 10.6. The summed E-state index contributed by atoms with van der Waals surface area (Å²) in [6, 6.07) is 8.84. The third-order valence-electron chi connectivity index (χ3n) is 4.98. The molecule has 9 nitrogen and oxygen atoms in total. The fraction of sp³-hybridized carbons (Fsp3) is 0.200. The number of carbonyl (C=O) groups excluding carboxylic acids is 1. The van der Waals surface area contributed by atoms with Gasteiger partial charge in [0.15, 0.2) is 0 Å². The highest BCUT2D eigenvalue weighted by atomic mass is 35.5. The second-order valence-electron chi connectivity index (χ2n) is 7.03. The molecule has 0 saturated carbocycles. The lowest BCUT2D eigenvalue weighted by Gasteiger charge is -2.18. The van der Waals surface area contributed by atoms with Crippen LogP contribution < -0.4 is 20.9 Å². The number of hydrogen-bond acceptors (Lipinski definition) is 8. The topological polar surface area (TPSA) is 110 Å². The molecule has 1 fully saturated rings. The molecule has 12 heteroatoms. The van der Waals surface area contributed by atoms with Gasteiger partial charge in [0, 0.05) is 16.0 Å². The highest BCUT2D eigenvalue weighted by molar-refractivity contribution is 7.21. The van der Waals surface area contributed by atoms with Crippen LogP contribution in [0.25, 0.3) is 21.5 Å². The minimum absolute atomic E-state index is 0.208. The number of halogens is 2. The van der Waals surface area contributed by atoms with Crippen LogP contribution in [-0.4, -0.2) is 42.5 Å². The lowest BCUT2D eigenvalue weighted by Crippen LogP contribution is -2.62. The molecule has 0 spiro atoms. The van der Waals surface area contributed by atoms with Gasteiger partial charge in [0.2, 0.25) is 5.27 Å². The van der Waals surface area contributed by atoms with E-state index in [4.69, 9.17) is 38.2 Å². The van der Waals surface area contributed by atoms with Crippen molar-refractivity contribution in [3.8, 4) is 11.3 Å². The van der Waals surface area contributed by atoms with Crippen molar-refractivity contribution in [3.63, 3.8) is 0 Å². The van der Waals surface area contributed by atoms with Gasteiger partial charge in [-0.25, -0.2) is 4.98 Å². The number of fused-ring (bicyclic) bond motifs is 1. The second-order valence-corrected chi connectivity index (χ2v) is 8.87. The van der Waals surface area contributed by atoms with Gasteiger partial charge in [-0.1, -0.05) is 23.2 Å². The molecule has 32 heavy (non-hydrogen) atoms. The van der Waals surface area contributed by atoms with Crippen molar-refractivity contribution in [2.24, 2.45) is 0 Å². The Labute approximate surface area is 196 Å². The largest absolute Gasteiger partial charge is 0.397 e. The summed E-state index contributed by atoms with van der Waals surface area (Å²) in [6.07, 6.45) is 1.60. The summed E-state index contributed by atoms with van der Waals surface area (Å²) in [5, 5.41) is 10.3. The lowest BCUT2D eigenvalue weighted by molar-refractivity contribution is -0.759. The van der Waals surface area contributed by atoms with E-state index < -0.39 is 5.91 Å². The van der Waals surface area contributed by atoms with E-state index in [1.807, 2.05) is 17.1 Å². The zero-order valence-electron chi connectivity index (χ0n) is 16.5. The normalized spacial score (nSPS) is 14.1. The first-order valence-corrected chi connectivity index (χ1v) is 11.2. The van der Waals surface area contributed by atoms with E-state index in [2.05, 4.69) is 15.6 Å². The molecule has 164 valence electrons. The average Bonchev–Trinajstić information content (AvgIpc) is 3.39. The van der Waals surface area contributed by atoms with Crippen LogP contribution in [0.4, 0.5) is 11.6 Å². The molecule has 1 aromatic carbocycles. The Morgan fingerprint density at radius 2 is 2.03 bits per heavy atom. The minimum Gasteiger partial charge on any atom is -0.397 e. The van der Waals surface area contributed by atoms with Gasteiger partial charge < -0.3 is 10.5 Å². The molecule has 1 saturated heterocycles. The van der Waals surface area contributed by atoms with Gasteiger partial charge in [-0.05, 0) is 30.3 Å². The van der Waals surface area contributed by atoms with Crippen molar-refractivity contribution < 1.29 is 18.8 Å². The van der Waals surface area contributed by atoms with E-state index in [1.54, 1.807) is 29.2 Å². The Bertz CT molecular complexity index is 1320. The number of amides is 1. The summed E-state index contributed by atoms with van der Waals surface area (Å²) in [7, 11) is 0. The molecule has 1 aliphatic rings. The van der Waals surface area contributed by atoms with E-state index in [0.29, 0.717) is 62.8 Å². The van der Waals surface area contributed by atoms with Gasteiger partial charge in [0.1, 0.15) is 9.71 Å². The molecule has 0 aliphatic carbocycles. The maximum Gasteiger partial charge on any atom is 0.306 e. The summed E-state index contributed by atoms with van der Waals surface area (Å²) in [4.78, 5) is 20.0. The summed E-state index contributed by atoms with van der Waals surface area (Å²) in [5.74, 6) is -0.193. The van der Waals surface area contributed by atoms with Gasteiger partial charge in [-0.2, -0.15) is 0 Å². The summed E-state index contributed by atoms with van der Waals surface area (Å²) >= 11 is 13.5. The maximum absolute atomic E-state index is 12.9. The Morgan fingerprint density at radius 1 is 1.22 bits per heavy atom. The van der Waals surface area contributed by atoms with E-state index in [-0.39, 0.29) is 5.88 Å². The third-order valence-corrected chi connectivity index (χ3v) is 6.64. The number of nitrogens with two attached hydrogens (primary N) is 1. The van der Waals surface area contributed by atoms with Crippen LogP contribution in [0.5, 0.6) is 0 Å². The summed E-state index contributed by atoms with van der Waals surface area (Å²) in [6.45, 7) is 2.57. The molecule has 5 rings (SSSR count). The van der Waals surface area contributed by atoms with Gasteiger partial charge in [-0.3, -0.25) is 14.6 Å². The highest BCUT2D eigenvalue weighted by Gasteiger charge is 2.25. The van der Waals surface area contributed by atoms with Gasteiger partial charge in [0.25, 0.3) is 12.1 Å². The predicted molar refractivity (Wildman–Crippen MR) is 123 cm³/mol. The van der Waals surface area contributed by atoms with Gasteiger partial charge in [0.05, 0.1) is 47.5 Å². The van der Waals surface area contributed by atoms with E-state index in [1.165, 1.54) is 11.3 Å². The Balaban J connectivity index is 1.39. The SMILES string of the molecule is Nc1c(C(=O)Nc2c[n+](N3CCOCC3)no2)sc2nc(-c3ccc(Cl)cc3Cl)ccc12. The number of carbonyl (C=O) groups is 1. The van der Waals surface area contributed by atoms with Crippen LogP contribution in [-0.2, 0) is 4.74 Å². The number of nitrogens with zero attached hydrogens (tertiary/aromatic N) is 4. The van der Waals surface area contributed by atoms with Crippen molar-refractivity contribution >= 4 is 62.2 Å². The molecule has 0 radical (unpaired) electrons. The molecule has 1 aliphatic heterocycles. The van der Waals surface area contributed by atoms with E-state index >= 15 is 0 Å². The zero-order chi connectivity index (χ0) is 22.2. The predicted octanol–water partition coefficient (Wildman–Crippen LogP) is 3.35. The fourth-order valence-electron chi connectivity index (χ4n) is 3.37. The van der Waals surface area contributed by atoms with Crippen molar-refractivity contribution in [3.05, 3.63) is 51.5 Å². The number of morpholine rings is 1. The standard InChI is InChI=1S/C20H16Cl2N6O3S/c21-11-1-2-12(14(22)9-11)15-4-3-13-17(23)18(32-20(13)24-15)19(29)25-16-10-28(26-31-16)27-5-7-30-8-6-27/h1-4,9-10H,5-8H2,(H2-,23,25,26,29)/p+1. The molecule has 4 heterocycles. The zero-order valence-corrected chi connectivity index (χ0v) is 18.9. The molecular weight excluding hydrogens is 475 g/mol. The molecule has 3 N–H and O–H groups in total. The van der Waals surface area contributed by atoms with Crippen LogP contribution in [0.3, 0.4) is 0 Å². The Morgan fingerprint density at radius 3 is 2.81 bits per heavy atom. The number of hydrogen-bond donors (Lipinski definition) is 2. The molecule has 0 atom stereocenters. The van der Waals surface area contributed by atoms with Gasteiger partial charge >= 0.3 is 5.88 Å². The first-order chi connectivity index (χ1) is 15.5. The summed E-state index contributed by atoms with van der Waals surface area (Å²) in [5.41, 5.74) is 8.00. The van der Waals surface area contributed by atoms with Crippen molar-refractivity contribution in [1.29, 1.82) is 0 Å². The van der Waals surface area contributed by atoms with Crippen molar-refractivity contribution in [1.82, 2.24) is 10.3 Å². The number of nitrogens with one attached hydrogen (secondary N) is 1. The fourth-order valence-corrected chi connectivity index (χ4v) is 4.86. The monoisotopic (exact) mass is 491 g/mol. The number of nitrogen functional groups attached to an aromatic ring is 1. The first-order valence-electron chi connectivity index (χ1n) is 9.67. The van der Waals surface area contributed by atoms with E-state index in [0.717, 1.165) is 5.56 Å². The van der Waals surface area contributed by atoms with Crippen LogP contribution in [0.2, 0.25) is 10.0 Å². The Kier molecular flexibility index (Phi) is 5.60. The first kappa shape index (κ1) is 21.0. The number of anilines is 2. The molecule has 1 amide bonds. The van der Waals surface area contributed by atoms with Crippen LogP contribution in [0.1, 0.15) is 9.67 Å². The molecule has 3 aromatic heterocycles. The molecule has 4 aromatic rings. The van der Waals surface area contributed by atoms with Crippen LogP contribution in [0, 0.1) is 0 Å². The second kappa shape index (κ2) is 8.55. The number of benzene rings is 1. The van der Waals surface area contributed by atoms with Crippen molar-refractivity contribution in [2.75, 3.05) is 42.4 Å². The van der Waals surface area contributed by atoms with Crippen LogP contribution in [0.15, 0.2) is 41.1 Å². The number of aromatic nitrogens is 3. The van der Waals surface area contributed by atoms with Gasteiger partial charge in [-0.15, -0.1) is 16.3 Å². The number of pyridine rings is 1. The average molecular weight is 492 g/mol.